The van der Waals surface area contributed by atoms with Crippen LogP contribution in [0.3, 0.4) is 0 Å². The predicted octanol–water partition coefficient (Wildman–Crippen LogP) is 0.290. The summed E-state index contributed by atoms with van der Waals surface area (Å²) in [6.07, 6.45) is 1.48. The summed E-state index contributed by atoms with van der Waals surface area (Å²) in [6.45, 7) is 3.90. The van der Waals surface area contributed by atoms with Crippen LogP contribution in [0.15, 0.2) is 4.79 Å². The van der Waals surface area contributed by atoms with Crippen molar-refractivity contribution in [3.05, 3.63) is 21.6 Å². The second-order valence-corrected chi connectivity index (χ2v) is 2.27. The molecular weight excluding hydrogens is 142 g/mol. The number of aromatic nitrogens is 3. The molecule has 1 heterocycles. The highest BCUT2D eigenvalue weighted by molar-refractivity contribution is 5.14. The molecule has 0 radical (unpaired) electrons. The van der Waals surface area contributed by atoms with E-state index in [0.717, 1.165) is 17.7 Å². The number of aryl methyl sites for hydroxylation is 1. The summed E-state index contributed by atoms with van der Waals surface area (Å²) in [5.41, 5.74) is 1.44. The average molecular weight is 153 g/mol. The third-order valence-electron chi connectivity index (χ3n) is 1.63. The van der Waals surface area contributed by atoms with Gasteiger partial charge in [-0.2, -0.15) is 0 Å². The van der Waals surface area contributed by atoms with Crippen LogP contribution < -0.4 is 5.56 Å². The highest BCUT2D eigenvalue weighted by Gasteiger charge is 2.03. The summed E-state index contributed by atoms with van der Waals surface area (Å²) in [6, 6.07) is 0. The van der Waals surface area contributed by atoms with Crippen molar-refractivity contribution in [2.45, 2.75) is 26.7 Å². The third-order valence-corrected chi connectivity index (χ3v) is 1.63. The lowest BCUT2D eigenvalue weighted by Gasteiger charge is -1.98. The lowest BCUT2D eigenvalue weighted by molar-refractivity contribution is 0.763. The van der Waals surface area contributed by atoms with Crippen LogP contribution in [0.1, 0.15) is 25.1 Å². The van der Waals surface area contributed by atoms with Gasteiger partial charge in [0.25, 0.3) is 5.56 Å². The molecule has 0 saturated heterocycles. The van der Waals surface area contributed by atoms with Crippen LogP contribution >= 0.6 is 0 Å². The second-order valence-electron chi connectivity index (χ2n) is 2.27. The molecule has 0 fully saturated rings. The zero-order valence-electron chi connectivity index (χ0n) is 6.72. The second kappa shape index (κ2) is 3.27. The van der Waals surface area contributed by atoms with Crippen molar-refractivity contribution >= 4 is 0 Å². The van der Waals surface area contributed by atoms with Gasteiger partial charge in [-0.1, -0.05) is 19.1 Å². The van der Waals surface area contributed by atoms with Crippen molar-refractivity contribution in [3.8, 4) is 0 Å². The van der Waals surface area contributed by atoms with E-state index in [-0.39, 0.29) is 5.56 Å². The zero-order valence-corrected chi connectivity index (χ0v) is 6.72. The van der Waals surface area contributed by atoms with E-state index in [9.17, 15) is 4.79 Å². The van der Waals surface area contributed by atoms with E-state index < -0.39 is 0 Å². The molecule has 0 unspecified atom stereocenters. The van der Waals surface area contributed by atoms with Gasteiger partial charge >= 0.3 is 0 Å². The molecule has 0 aromatic carbocycles. The molecule has 0 bridgehead atoms. The maximum absolute atomic E-state index is 11.1. The maximum Gasteiger partial charge on any atom is 0.270 e. The number of hydrogen-bond donors (Lipinski definition) is 1. The lowest BCUT2D eigenvalue weighted by Crippen LogP contribution is -2.18. The van der Waals surface area contributed by atoms with Crippen LogP contribution in [0.2, 0.25) is 0 Å². The van der Waals surface area contributed by atoms with Crippen LogP contribution in [0, 0.1) is 0 Å². The Hall–Kier alpha value is -1.19. The molecule has 4 heteroatoms. The van der Waals surface area contributed by atoms with Crippen LogP contribution in [0.25, 0.3) is 0 Å². The molecule has 0 amide bonds. The minimum atomic E-state index is -0.112. The summed E-state index contributed by atoms with van der Waals surface area (Å²) < 4.78 is 0. The molecule has 0 spiro atoms. The monoisotopic (exact) mass is 153 g/mol. The Labute approximate surface area is 64.6 Å². The van der Waals surface area contributed by atoms with E-state index in [2.05, 4.69) is 15.4 Å². The van der Waals surface area contributed by atoms with Crippen molar-refractivity contribution in [1.82, 2.24) is 15.4 Å². The van der Waals surface area contributed by atoms with Crippen LogP contribution in [0.5, 0.6) is 0 Å². The van der Waals surface area contributed by atoms with E-state index in [1.165, 1.54) is 0 Å². The molecule has 0 saturated carbocycles. The van der Waals surface area contributed by atoms with Gasteiger partial charge in [0, 0.05) is 5.56 Å². The molecule has 0 atom stereocenters. The van der Waals surface area contributed by atoms with E-state index >= 15 is 0 Å². The summed E-state index contributed by atoms with van der Waals surface area (Å²) in [5, 5.41) is 9.61. The molecule has 11 heavy (non-hydrogen) atoms. The van der Waals surface area contributed by atoms with E-state index in [4.69, 9.17) is 0 Å². The van der Waals surface area contributed by atoms with Crippen molar-refractivity contribution in [1.29, 1.82) is 0 Å². The van der Waals surface area contributed by atoms with Crippen molar-refractivity contribution in [2.24, 2.45) is 0 Å². The Kier molecular flexibility index (Phi) is 2.36. The molecule has 4 nitrogen and oxygen atoms in total. The lowest BCUT2D eigenvalue weighted by atomic mass is 10.1. The van der Waals surface area contributed by atoms with Gasteiger partial charge in [-0.15, -0.1) is 5.10 Å². The topological polar surface area (TPSA) is 58.6 Å². The predicted molar refractivity (Wildman–Crippen MR) is 41.4 cm³/mol. The number of rotatable bonds is 2. The van der Waals surface area contributed by atoms with Gasteiger partial charge in [0.2, 0.25) is 0 Å². The molecule has 1 rings (SSSR count). The summed E-state index contributed by atoms with van der Waals surface area (Å²) in [4.78, 5) is 11.1. The van der Waals surface area contributed by atoms with Crippen LogP contribution in [-0.2, 0) is 12.8 Å². The average Bonchev–Trinajstić information content (AvgIpc) is 2.04. The number of aromatic amines is 1. The van der Waals surface area contributed by atoms with Gasteiger partial charge in [-0.3, -0.25) is 4.79 Å². The van der Waals surface area contributed by atoms with Crippen molar-refractivity contribution in [3.63, 3.8) is 0 Å². The molecule has 1 aromatic rings. The molecule has 1 N–H and O–H groups in total. The molecular formula is C7H11N3O. The zero-order chi connectivity index (χ0) is 8.27. The minimum Gasteiger partial charge on any atom is -0.268 e. The Morgan fingerprint density at radius 3 is 2.55 bits per heavy atom. The molecule has 1 aromatic heterocycles. The highest BCUT2D eigenvalue weighted by atomic mass is 16.1. The van der Waals surface area contributed by atoms with E-state index in [0.29, 0.717) is 6.42 Å². The first kappa shape index (κ1) is 7.91. The third kappa shape index (κ3) is 1.45. The van der Waals surface area contributed by atoms with Gasteiger partial charge in [0.1, 0.15) is 0 Å². The normalized spacial score (nSPS) is 10.0. The molecule has 0 aliphatic carbocycles. The van der Waals surface area contributed by atoms with E-state index in [1.54, 1.807) is 0 Å². The quantitative estimate of drug-likeness (QED) is 0.664. The standard InChI is InChI=1S/C7H11N3O/c1-3-5-6(4-2)8-10-9-7(5)11/h3-4H2,1-2H3,(H,8,9,11). The van der Waals surface area contributed by atoms with Gasteiger partial charge in [0.15, 0.2) is 0 Å². The van der Waals surface area contributed by atoms with Gasteiger partial charge in [0.05, 0.1) is 5.69 Å². The fourth-order valence-electron chi connectivity index (χ4n) is 1.04. The number of hydrogen-bond acceptors (Lipinski definition) is 3. The summed E-state index contributed by atoms with van der Waals surface area (Å²) in [5.74, 6) is 0. The fourth-order valence-corrected chi connectivity index (χ4v) is 1.04. The maximum atomic E-state index is 11.1. The fraction of sp³-hybridized carbons (Fsp3) is 0.571. The smallest absolute Gasteiger partial charge is 0.268 e. The first-order chi connectivity index (χ1) is 5.29. The SMILES string of the molecule is CCc1nn[nH]c(=O)c1CC. The van der Waals surface area contributed by atoms with E-state index in [1.807, 2.05) is 13.8 Å². The number of nitrogens with zero attached hydrogens (tertiary/aromatic N) is 2. The molecule has 0 aliphatic heterocycles. The van der Waals surface area contributed by atoms with Gasteiger partial charge < -0.3 is 0 Å². The Bertz CT molecular complexity index is 292. The first-order valence-corrected chi connectivity index (χ1v) is 3.72. The Morgan fingerprint density at radius 2 is 2.09 bits per heavy atom. The van der Waals surface area contributed by atoms with Crippen LogP contribution in [-0.4, -0.2) is 15.4 Å². The number of H-pyrrole nitrogens is 1. The minimum absolute atomic E-state index is 0.112. The first-order valence-electron chi connectivity index (χ1n) is 3.72. The Morgan fingerprint density at radius 1 is 1.36 bits per heavy atom. The highest BCUT2D eigenvalue weighted by Crippen LogP contribution is 1.98. The van der Waals surface area contributed by atoms with Crippen LogP contribution in [0.4, 0.5) is 0 Å². The number of nitrogens with one attached hydrogen (secondary N) is 1. The van der Waals surface area contributed by atoms with Crippen molar-refractivity contribution < 1.29 is 0 Å². The largest absolute Gasteiger partial charge is 0.270 e. The van der Waals surface area contributed by atoms with Gasteiger partial charge in [-0.25, -0.2) is 5.10 Å². The molecule has 0 aliphatic rings. The van der Waals surface area contributed by atoms with Crippen molar-refractivity contribution in [2.75, 3.05) is 0 Å². The van der Waals surface area contributed by atoms with Gasteiger partial charge in [-0.05, 0) is 12.8 Å². The summed E-state index contributed by atoms with van der Waals surface area (Å²) >= 11 is 0. The Balaban J connectivity index is 3.24. The molecule has 60 valence electrons. The summed E-state index contributed by atoms with van der Waals surface area (Å²) in [7, 11) is 0.